The first-order chi connectivity index (χ1) is 9.87. The van der Waals surface area contributed by atoms with Crippen LogP contribution < -0.4 is 14.8 Å². The van der Waals surface area contributed by atoms with E-state index in [-0.39, 0.29) is 6.04 Å². The molecule has 0 aliphatic rings. The van der Waals surface area contributed by atoms with Gasteiger partial charge in [0, 0.05) is 12.5 Å². The van der Waals surface area contributed by atoms with E-state index in [1.807, 2.05) is 45.0 Å². The number of rotatable bonds is 9. The van der Waals surface area contributed by atoms with Crippen molar-refractivity contribution in [1.29, 1.82) is 0 Å². The van der Waals surface area contributed by atoms with Crippen LogP contribution in [0.2, 0.25) is 0 Å². The van der Waals surface area contributed by atoms with Gasteiger partial charge in [0.15, 0.2) is 0 Å². The Balaban J connectivity index is 2.52. The quantitative estimate of drug-likeness (QED) is 0.733. The number of carbonyl (C=O) groups is 1. The second-order valence-corrected chi connectivity index (χ2v) is 5.44. The number of ether oxygens (including phenoxy) is 2. The molecule has 1 unspecified atom stereocenters. The van der Waals surface area contributed by atoms with Crippen LogP contribution in [0.5, 0.6) is 11.5 Å². The highest BCUT2D eigenvalue weighted by atomic mass is 16.5. The number of benzene rings is 1. The summed E-state index contributed by atoms with van der Waals surface area (Å²) in [5.41, 5.74) is -0.987. The molecule has 0 heterocycles. The first-order valence-corrected chi connectivity index (χ1v) is 7.24. The molecule has 0 spiro atoms. The Kier molecular flexibility index (Phi) is 6.49. The van der Waals surface area contributed by atoms with E-state index in [1.165, 1.54) is 0 Å². The van der Waals surface area contributed by atoms with Crippen LogP contribution in [-0.4, -0.2) is 35.9 Å². The molecule has 5 heteroatoms. The first kappa shape index (κ1) is 17.3. The number of carboxylic acid groups (broad SMARTS) is 1. The van der Waals surface area contributed by atoms with Crippen LogP contribution in [0.3, 0.4) is 0 Å². The molecule has 0 aromatic heterocycles. The predicted molar refractivity (Wildman–Crippen MR) is 82.0 cm³/mol. The molecular weight excluding hydrogens is 270 g/mol. The maximum atomic E-state index is 11.4. The zero-order chi connectivity index (χ0) is 15.9. The summed E-state index contributed by atoms with van der Waals surface area (Å²) < 4.78 is 11.0. The third-order valence-electron chi connectivity index (χ3n) is 3.08. The number of nitrogens with one attached hydrogen (secondary N) is 1. The van der Waals surface area contributed by atoms with Crippen LogP contribution in [0.25, 0.3) is 0 Å². The predicted octanol–water partition coefficient (Wildman–Crippen LogP) is 2.70. The first-order valence-electron chi connectivity index (χ1n) is 7.24. The molecule has 21 heavy (non-hydrogen) atoms. The fourth-order valence-electron chi connectivity index (χ4n) is 2.05. The highest BCUT2D eigenvalue weighted by Gasteiger charge is 2.33. The van der Waals surface area contributed by atoms with Crippen LogP contribution in [0.4, 0.5) is 0 Å². The highest BCUT2D eigenvalue weighted by molar-refractivity contribution is 5.78. The Hall–Kier alpha value is -1.75. The molecule has 0 saturated heterocycles. The van der Waals surface area contributed by atoms with Crippen molar-refractivity contribution < 1.29 is 19.4 Å². The molecule has 0 bridgehead atoms. The summed E-state index contributed by atoms with van der Waals surface area (Å²) in [6, 6.07) is 7.40. The summed E-state index contributed by atoms with van der Waals surface area (Å²) in [7, 11) is 0. The SMILES string of the molecule is CCOc1ccc(OCCC(C)(NC(C)C)C(=O)O)cc1. The normalized spacial score (nSPS) is 13.8. The summed E-state index contributed by atoms with van der Waals surface area (Å²) >= 11 is 0. The van der Waals surface area contributed by atoms with Crippen molar-refractivity contribution >= 4 is 5.97 Å². The largest absolute Gasteiger partial charge is 0.494 e. The average Bonchev–Trinajstić information content (AvgIpc) is 2.40. The van der Waals surface area contributed by atoms with Crippen molar-refractivity contribution in [2.24, 2.45) is 0 Å². The van der Waals surface area contributed by atoms with Crippen LogP contribution in [0, 0.1) is 0 Å². The number of hydrogen-bond acceptors (Lipinski definition) is 4. The molecule has 0 amide bonds. The minimum absolute atomic E-state index is 0.0941. The van der Waals surface area contributed by atoms with Crippen LogP contribution >= 0.6 is 0 Å². The topological polar surface area (TPSA) is 67.8 Å². The van der Waals surface area contributed by atoms with E-state index >= 15 is 0 Å². The van der Waals surface area contributed by atoms with E-state index < -0.39 is 11.5 Å². The van der Waals surface area contributed by atoms with Gasteiger partial charge in [-0.15, -0.1) is 0 Å². The third-order valence-corrected chi connectivity index (χ3v) is 3.08. The summed E-state index contributed by atoms with van der Waals surface area (Å²) in [4.78, 5) is 11.4. The van der Waals surface area contributed by atoms with Gasteiger partial charge in [-0.3, -0.25) is 10.1 Å². The minimum atomic E-state index is -0.987. The van der Waals surface area contributed by atoms with Crippen molar-refractivity contribution in [1.82, 2.24) is 5.32 Å². The molecule has 1 aromatic rings. The van der Waals surface area contributed by atoms with Gasteiger partial charge in [-0.2, -0.15) is 0 Å². The molecule has 2 N–H and O–H groups in total. The smallest absolute Gasteiger partial charge is 0.323 e. The van der Waals surface area contributed by atoms with Crippen molar-refractivity contribution in [2.75, 3.05) is 13.2 Å². The molecule has 0 saturated carbocycles. The second kappa shape index (κ2) is 7.88. The summed E-state index contributed by atoms with van der Waals surface area (Å²) in [6.45, 7) is 8.41. The lowest BCUT2D eigenvalue weighted by atomic mass is 9.97. The van der Waals surface area contributed by atoms with E-state index in [0.29, 0.717) is 25.4 Å². The fourth-order valence-corrected chi connectivity index (χ4v) is 2.05. The molecule has 1 aromatic carbocycles. The minimum Gasteiger partial charge on any atom is -0.494 e. The Morgan fingerprint density at radius 1 is 1.24 bits per heavy atom. The summed E-state index contributed by atoms with van der Waals surface area (Å²) in [5.74, 6) is 0.629. The number of hydrogen-bond donors (Lipinski definition) is 2. The molecule has 0 aliphatic heterocycles. The summed E-state index contributed by atoms with van der Waals surface area (Å²) in [6.07, 6.45) is 0.383. The monoisotopic (exact) mass is 295 g/mol. The zero-order valence-electron chi connectivity index (χ0n) is 13.2. The van der Waals surface area contributed by atoms with Gasteiger partial charge in [0.2, 0.25) is 0 Å². The molecular formula is C16H25NO4. The molecule has 0 radical (unpaired) electrons. The van der Waals surface area contributed by atoms with Gasteiger partial charge >= 0.3 is 5.97 Å². The Labute approximate surface area is 126 Å². The van der Waals surface area contributed by atoms with Crippen molar-refractivity contribution in [3.63, 3.8) is 0 Å². The lowest BCUT2D eigenvalue weighted by molar-refractivity contribution is -0.145. The molecule has 118 valence electrons. The van der Waals surface area contributed by atoms with Crippen LogP contribution in [-0.2, 0) is 4.79 Å². The standard InChI is InChI=1S/C16H25NO4/c1-5-20-13-6-8-14(9-7-13)21-11-10-16(4,15(18)19)17-12(2)3/h6-9,12,17H,5,10-11H2,1-4H3,(H,18,19). The lowest BCUT2D eigenvalue weighted by Crippen LogP contribution is -2.53. The van der Waals surface area contributed by atoms with Gasteiger partial charge in [-0.1, -0.05) is 0 Å². The van der Waals surface area contributed by atoms with E-state index in [0.717, 1.165) is 5.75 Å². The van der Waals surface area contributed by atoms with E-state index in [9.17, 15) is 9.90 Å². The van der Waals surface area contributed by atoms with Gasteiger partial charge < -0.3 is 14.6 Å². The van der Waals surface area contributed by atoms with Crippen molar-refractivity contribution in [3.8, 4) is 11.5 Å². The van der Waals surface area contributed by atoms with Gasteiger partial charge in [0.25, 0.3) is 0 Å². The number of carboxylic acids is 1. The molecule has 0 fully saturated rings. The highest BCUT2D eigenvalue weighted by Crippen LogP contribution is 2.19. The van der Waals surface area contributed by atoms with Gasteiger partial charge in [0.05, 0.1) is 13.2 Å². The molecule has 5 nitrogen and oxygen atoms in total. The third kappa shape index (κ3) is 5.63. The van der Waals surface area contributed by atoms with Crippen molar-refractivity contribution in [2.45, 2.75) is 45.7 Å². The maximum Gasteiger partial charge on any atom is 0.323 e. The van der Waals surface area contributed by atoms with Gasteiger partial charge in [-0.05, 0) is 52.0 Å². The van der Waals surface area contributed by atoms with Crippen LogP contribution in [0.1, 0.15) is 34.1 Å². The average molecular weight is 295 g/mol. The van der Waals surface area contributed by atoms with E-state index in [2.05, 4.69) is 5.32 Å². The molecule has 1 rings (SSSR count). The Morgan fingerprint density at radius 2 is 1.76 bits per heavy atom. The molecule has 1 atom stereocenters. The van der Waals surface area contributed by atoms with Gasteiger partial charge in [-0.25, -0.2) is 0 Å². The van der Waals surface area contributed by atoms with Gasteiger partial charge in [0.1, 0.15) is 17.0 Å². The van der Waals surface area contributed by atoms with E-state index in [1.54, 1.807) is 6.92 Å². The Bertz CT molecular complexity index is 444. The summed E-state index contributed by atoms with van der Waals surface area (Å²) in [5, 5.41) is 12.4. The van der Waals surface area contributed by atoms with Crippen molar-refractivity contribution in [3.05, 3.63) is 24.3 Å². The van der Waals surface area contributed by atoms with E-state index in [4.69, 9.17) is 9.47 Å². The Morgan fingerprint density at radius 3 is 2.19 bits per heavy atom. The maximum absolute atomic E-state index is 11.4. The second-order valence-electron chi connectivity index (χ2n) is 5.44. The van der Waals surface area contributed by atoms with Crippen LogP contribution in [0.15, 0.2) is 24.3 Å². The number of aliphatic carboxylic acids is 1. The fraction of sp³-hybridized carbons (Fsp3) is 0.562. The lowest BCUT2D eigenvalue weighted by Gasteiger charge is -2.28. The molecule has 0 aliphatic carbocycles. The zero-order valence-corrected chi connectivity index (χ0v) is 13.2.